The minimum absolute atomic E-state index is 0.0690. The van der Waals surface area contributed by atoms with E-state index in [0.717, 1.165) is 33.3 Å². The first-order chi connectivity index (χ1) is 12.9. The van der Waals surface area contributed by atoms with Gasteiger partial charge in [-0.05, 0) is 37.2 Å². The monoisotopic (exact) mass is 400 g/mol. The highest BCUT2D eigenvalue weighted by Crippen LogP contribution is 2.48. The van der Waals surface area contributed by atoms with Crippen molar-refractivity contribution < 1.29 is 19.1 Å². The van der Waals surface area contributed by atoms with Crippen LogP contribution >= 0.6 is 0 Å². The lowest BCUT2D eigenvalue weighted by molar-refractivity contribution is -0.137. The Labute approximate surface area is 170 Å². The Morgan fingerprint density at radius 1 is 1.00 bits per heavy atom. The number of Topliss-reactive ketones (excluding diaryl/α,β-unsaturated/α-hetero) is 1. The number of nitrogens with zero attached hydrogens (tertiary/aromatic N) is 1. The quantitative estimate of drug-likeness (QED) is 0.520. The van der Waals surface area contributed by atoms with Crippen molar-refractivity contribution in [3.05, 3.63) is 27.9 Å². The van der Waals surface area contributed by atoms with Crippen molar-refractivity contribution in [3.63, 3.8) is 0 Å². The smallest absolute Gasteiger partial charge is 0.341 e. The fraction of sp³-hybridized carbons (Fsp3) is 0.545. The van der Waals surface area contributed by atoms with E-state index in [-0.39, 0.29) is 30.1 Å². The first kappa shape index (κ1) is 22.2. The van der Waals surface area contributed by atoms with Crippen LogP contribution in [0.4, 0.5) is 0 Å². The molecule has 0 aliphatic rings. The summed E-state index contributed by atoms with van der Waals surface area (Å²) in [4.78, 5) is 24.3. The summed E-state index contributed by atoms with van der Waals surface area (Å²) < 4.78 is 7.52. The van der Waals surface area contributed by atoms with E-state index >= 15 is 0 Å². The Hall–Kier alpha value is -2.08. The van der Waals surface area contributed by atoms with Gasteiger partial charge in [-0.25, -0.2) is 0 Å². The van der Waals surface area contributed by atoms with E-state index in [2.05, 4.69) is 52.0 Å². The van der Waals surface area contributed by atoms with Gasteiger partial charge >= 0.3 is 16.5 Å². The van der Waals surface area contributed by atoms with Gasteiger partial charge in [-0.15, -0.1) is 0 Å². The van der Waals surface area contributed by atoms with Crippen LogP contribution in [0.5, 0.6) is 5.75 Å². The fourth-order valence-corrected chi connectivity index (χ4v) is 4.59. The lowest BCUT2D eigenvalue weighted by atomic mass is 9.82. The molecule has 2 aromatic rings. The van der Waals surface area contributed by atoms with Gasteiger partial charge < -0.3 is 14.1 Å². The minimum Gasteiger partial charge on any atom is -0.540 e. The maximum Gasteiger partial charge on any atom is 0.341 e. The Kier molecular flexibility index (Phi) is 6.43. The van der Waals surface area contributed by atoms with E-state index in [9.17, 15) is 14.7 Å². The molecular weight excluding hydrogens is 370 g/mol. The molecule has 1 aromatic carbocycles. The highest BCUT2D eigenvalue weighted by Gasteiger charge is 2.31. The number of rotatable bonds is 7. The van der Waals surface area contributed by atoms with Crippen LogP contribution in [-0.4, -0.2) is 31.9 Å². The Balaban J connectivity index is 3.33. The topological polar surface area (TPSA) is 68.5 Å². The van der Waals surface area contributed by atoms with Gasteiger partial charge in [0, 0.05) is 27.8 Å². The summed E-state index contributed by atoms with van der Waals surface area (Å²) in [7, 11) is 3.26. The van der Waals surface area contributed by atoms with Crippen molar-refractivity contribution in [3.8, 4) is 5.75 Å². The molecular formula is C22H30NO4Si. The van der Waals surface area contributed by atoms with E-state index < -0.39 is 5.97 Å². The predicted molar refractivity (Wildman–Crippen MR) is 113 cm³/mol. The molecule has 1 heterocycles. The fourth-order valence-electron chi connectivity index (χ4n) is 4.37. The molecule has 0 amide bonds. The molecule has 0 bridgehead atoms. The van der Waals surface area contributed by atoms with Crippen LogP contribution in [0.1, 0.15) is 99.0 Å². The molecule has 2 rings (SSSR count). The SMILES string of the molecule is CC(=O)c1c(C)n(CC(=O)O)c2c(C(C)C)c(C(C)C)c(O[Si])c(C(C)C)c12. The maximum atomic E-state index is 12.6. The van der Waals surface area contributed by atoms with Gasteiger partial charge in [0.2, 0.25) is 0 Å². The van der Waals surface area contributed by atoms with Crippen LogP contribution in [0.25, 0.3) is 10.9 Å². The molecule has 0 fully saturated rings. The number of aliphatic carboxylic acids is 1. The van der Waals surface area contributed by atoms with Crippen LogP contribution in [0.2, 0.25) is 0 Å². The predicted octanol–water partition coefficient (Wildman–Crippen LogP) is 5.07. The normalized spacial score (nSPS) is 11.9. The number of carbonyl (C=O) groups excluding carboxylic acids is 1. The van der Waals surface area contributed by atoms with E-state index in [0.29, 0.717) is 11.3 Å². The van der Waals surface area contributed by atoms with Crippen LogP contribution < -0.4 is 4.43 Å². The van der Waals surface area contributed by atoms with Gasteiger partial charge in [0.25, 0.3) is 0 Å². The molecule has 5 nitrogen and oxygen atoms in total. The summed E-state index contributed by atoms with van der Waals surface area (Å²) in [6.07, 6.45) is 0. The Morgan fingerprint density at radius 2 is 1.50 bits per heavy atom. The number of hydrogen-bond acceptors (Lipinski definition) is 3. The highest BCUT2D eigenvalue weighted by atomic mass is 28.2. The van der Waals surface area contributed by atoms with Crippen LogP contribution in [0.3, 0.4) is 0 Å². The van der Waals surface area contributed by atoms with E-state index in [1.807, 2.05) is 6.92 Å². The minimum atomic E-state index is -0.928. The molecule has 3 radical (unpaired) electrons. The van der Waals surface area contributed by atoms with E-state index in [4.69, 9.17) is 4.43 Å². The third-order valence-corrected chi connectivity index (χ3v) is 5.51. The number of ketones is 1. The zero-order valence-electron chi connectivity index (χ0n) is 18.1. The summed E-state index contributed by atoms with van der Waals surface area (Å²) in [6, 6.07) is 0. The molecule has 28 heavy (non-hydrogen) atoms. The second kappa shape index (κ2) is 8.11. The van der Waals surface area contributed by atoms with Gasteiger partial charge in [0.05, 0.1) is 5.52 Å². The third-order valence-electron chi connectivity index (χ3n) is 5.31. The number of aromatic nitrogens is 1. The standard InChI is InChI=1S/C22H30NO4Si/c1-10(2)16-17(11(3)4)22(27-28)18(12(5)6)20-19(14(8)24)13(7)23(21(16)20)9-15(25)26/h10-12H,9H2,1-8H3,(H,25,26). The van der Waals surface area contributed by atoms with Crippen molar-refractivity contribution in [2.45, 2.75) is 79.7 Å². The van der Waals surface area contributed by atoms with Crippen molar-refractivity contribution >= 4 is 33.1 Å². The highest BCUT2D eigenvalue weighted by molar-refractivity contribution is 6.12. The molecule has 0 unspecified atom stereocenters. The molecule has 0 aliphatic heterocycles. The van der Waals surface area contributed by atoms with Gasteiger partial charge in [-0.3, -0.25) is 9.59 Å². The second-order valence-electron chi connectivity index (χ2n) is 8.36. The molecule has 0 atom stereocenters. The van der Waals surface area contributed by atoms with Crippen molar-refractivity contribution in [1.82, 2.24) is 4.57 Å². The summed E-state index contributed by atoms with van der Waals surface area (Å²) in [5.74, 6) is 0.129. The van der Waals surface area contributed by atoms with Crippen molar-refractivity contribution in [1.29, 1.82) is 0 Å². The number of benzene rings is 1. The zero-order chi connectivity index (χ0) is 21.5. The van der Waals surface area contributed by atoms with Crippen LogP contribution in [0.15, 0.2) is 0 Å². The summed E-state index contributed by atoms with van der Waals surface area (Å²) >= 11 is 0. The molecule has 151 valence electrons. The number of hydrogen-bond donors (Lipinski definition) is 1. The summed E-state index contributed by atoms with van der Waals surface area (Å²) in [6.45, 7) is 15.7. The maximum absolute atomic E-state index is 12.6. The second-order valence-corrected chi connectivity index (χ2v) is 8.56. The Bertz CT molecular complexity index is 938. The molecule has 0 spiro atoms. The molecule has 0 aliphatic carbocycles. The van der Waals surface area contributed by atoms with Gasteiger partial charge in [-0.1, -0.05) is 41.5 Å². The Morgan fingerprint density at radius 3 is 1.86 bits per heavy atom. The number of carboxylic acid groups (broad SMARTS) is 1. The molecule has 0 saturated carbocycles. The number of carboxylic acids is 1. The lowest BCUT2D eigenvalue weighted by Crippen LogP contribution is -2.14. The first-order valence-corrected chi connectivity index (χ1v) is 10.1. The van der Waals surface area contributed by atoms with E-state index in [1.54, 1.807) is 4.57 Å². The average Bonchev–Trinajstić information content (AvgIpc) is 2.83. The zero-order valence-corrected chi connectivity index (χ0v) is 19.1. The number of carbonyl (C=O) groups is 2. The third kappa shape index (κ3) is 3.50. The molecule has 1 N–H and O–H groups in total. The van der Waals surface area contributed by atoms with Gasteiger partial charge in [-0.2, -0.15) is 0 Å². The summed E-state index contributed by atoms with van der Waals surface area (Å²) in [5.41, 5.74) is 5.16. The largest absolute Gasteiger partial charge is 0.540 e. The van der Waals surface area contributed by atoms with Crippen LogP contribution in [-0.2, 0) is 11.3 Å². The van der Waals surface area contributed by atoms with Gasteiger partial charge in [0.1, 0.15) is 12.3 Å². The summed E-state index contributed by atoms with van der Waals surface area (Å²) in [5, 5.41) is 10.4. The molecule has 1 aromatic heterocycles. The van der Waals surface area contributed by atoms with Crippen LogP contribution in [0, 0.1) is 6.92 Å². The number of fused-ring (bicyclic) bond motifs is 1. The first-order valence-electron chi connectivity index (χ1n) is 9.74. The van der Waals surface area contributed by atoms with Crippen molar-refractivity contribution in [2.75, 3.05) is 0 Å². The van der Waals surface area contributed by atoms with Crippen molar-refractivity contribution in [2.24, 2.45) is 0 Å². The van der Waals surface area contributed by atoms with Gasteiger partial charge in [0.15, 0.2) is 5.78 Å². The average molecular weight is 401 g/mol. The lowest BCUT2D eigenvalue weighted by Gasteiger charge is -2.26. The van der Waals surface area contributed by atoms with E-state index in [1.165, 1.54) is 6.92 Å². The molecule has 0 saturated heterocycles. The molecule has 6 heteroatoms.